The normalized spacial score (nSPS) is 12.0. The summed E-state index contributed by atoms with van der Waals surface area (Å²) in [6.45, 7) is 3.22. The number of methoxy groups -OCH3 is 2. The summed E-state index contributed by atoms with van der Waals surface area (Å²) in [6.07, 6.45) is 1.06. The van der Waals surface area contributed by atoms with Crippen LogP contribution in [0.25, 0.3) is 10.9 Å². The van der Waals surface area contributed by atoms with Gasteiger partial charge in [0.2, 0.25) is 0 Å². The molecule has 0 N–H and O–H groups in total. The van der Waals surface area contributed by atoms with E-state index in [-0.39, 0.29) is 44.2 Å². The highest BCUT2D eigenvalue weighted by Gasteiger charge is 2.31. The van der Waals surface area contributed by atoms with Crippen LogP contribution in [0.3, 0.4) is 0 Å². The Labute approximate surface area is 225 Å². The van der Waals surface area contributed by atoms with Gasteiger partial charge in [0.15, 0.2) is 11.5 Å². The molecular weight excluding hydrogens is 548 g/mol. The van der Waals surface area contributed by atoms with Crippen LogP contribution >= 0.6 is 0 Å². The lowest BCUT2D eigenvalue weighted by molar-refractivity contribution is -0.383. The van der Waals surface area contributed by atoms with Crippen LogP contribution in [0.15, 0.2) is 70.6 Å². The average molecular weight is 575 g/mol. The fraction of sp³-hybridized carbons (Fsp3) is 0.231. The van der Waals surface area contributed by atoms with Crippen LogP contribution in [0.5, 0.6) is 11.5 Å². The highest BCUT2D eigenvalue weighted by Crippen LogP contribution is 2.45. The van der Waals surface area contributed by atoms with Crippen LogP contribution < -0.4 is 9.47 Å². The van der Waals surface area contributed by atoms with Crippen molar-refractivity contribution in [2.75, 3.05) is 20.8 Å². The van der Waals surface area contributed by atoms with Crippen LogP contribution in [0.2, 0.25) is 0 Å². The second kappa shape index (κ2) is 10.7. The predicted octanol–water partition coefficient (Wildman–Crippen LogP) is 4.37. The maximum absolute atomic E-state index is 13.7. The van der Waals surface area contributed by atoms with E-state index < -0.39 is 37.4 Å². The maximum Gasteiger partial charge on any atom is 0.296 e. The Kier molecular flexibility index (Phi) is 7.68. The standard InChI is InChI=1S/C26H26N2O9S2/c1-17-5-9-20(10-6-17)38(31,32)27-16-19(13-14-37-39(33,34)21-11-7-18(2)8-12-21)24-22(28(29)30)15-23(35-3)26(36-4)25(24)27/h5-12,15-16H,13-14H2,1-4H3. The first-order valence-corrected chi connectivity index (χ1v) is 14.5. The highest BCUT2D eigenvalue weighted by molar-refractivity contribution is 7.90. The molecule has 0 saturated heterocycles. The van der Waals surface area contributed by atoms with Gasteiger partial charge in [-0.1, -0.05) is 35.4 Å². The van der Waals surface area contributed by atoms with Gasteiger partial charge in [-0.15, -0.1) is 0 Å². The minimum Gasteiger partial charge on any atom is -0.493 e. The van der Waals surface area contributed by atoms with E-state index in [1.807, 2.05) is 13.8 Å². The second-order valence-electron chi connectivity index (χ2n) is 8.72. The number of nitro benzene ring substituents is 1. The van der Waals surface area contributed by atoms with Crippen molar-refractivity contribution in [2.45, 2.75) is 30.1 Å². The van der Waals surface area contributed by atoms with Gasteiger partial charge in [-0.2, -0.15) is 8.42 Å². The zero-order chi connectivity index (χ0) is 28.5. The number of aryl methyl sites for hydroxylation is 2. The lowest BCUT2D eigenvalue weighted by Crippen LogP contribution is -2.13. The van der Waals surface area contributed by atoms with Crippen LogP contribution in [0.1, 0.15) is 16.7 Å². The van der Waals surface area contributed by atoms with Crippen LogP contribution in [0.4, 0.5) is 5.69 Å². The molecule has 0 aliphatic rings. The minimum absolute atomic E-state index is 0.0340. The molecule has 0 saturated carbocycles. The number of ether oxygens (including phenoxy) is 2. The number of hydrogen-bond donors (Lipinski definition) is 0. The van der Waals surface area contributed by atoms with Gasteiger partial charge in [0, 0.05) is 6.20 Å². The molecule has 4 aromatic rings. The van der Waals surface area contributed by atoms with E-state index in [9.17, 15) is 26.9 Å². The predicted molar refractivity (Wildman–Crippen MR) is 143 cm³/mol. The largest absolute Gasteiger partial charge is 0.493 e. The first-order valence-electron chi connectivity index (χ1n) is 11.6. The van der Waals surface area contributed by atoms with Gasteiger partial charge in [0.1, 0.15) is 5.52 Å². The molecule has 0 bridgehead atoms. The Morgan fingerprint density at radius 2 is 1.44 bits per heavy atom. The Bertz CT molecular complexity index is 1760. The Balaban J connectivity index is 1.87. The van der Waals surface area contributed by atoms with Crippen molar-refractivity contribution in [1.29, 1.82) is 0 Å². The van der Waals surface area contributed by atoms with Crippen molar-refractivity contribution >= 4 is 36.7 Å². The van der Waals surface area contributed by atoms with E-state index in [4.69, 9.17) is 13.7 Å². The number of fused-ring (bicyclic) bond motifs is 1. The van der Waals surface area contributed by atoms with Crippen LogP contribution in [0, 0.1) is 24.0 Å². The molecule has 0 amide bonds. The summed E-state index contributed by atoms with van der Waals surface area (Å²) in [5.74, 6) is -0.0758. The van der Waals surface area contributed by atoms with E-state index in [1.165, 1.54) is 44.7 Å². The summed E-state index contributed by atoms with van der Waals surface area (Å²) in [5.41, 5.74) is 1.34. The van der Waals surface area contributed by atoms with Crippen molar-refractivity contribution in [1.82, 2.24) is 3.97 Å². The molecule has 0 radical (unpaired) electrons. The van der Waals surface area contributed by atoms with Crippen LogP contribution in [-0.4, -0.2) is 46.6 Å². The average Bonchev–Trinajstić information content (AvgIpc) is 3.28. The summed E-state index contributed by atoms with van der Waals surface area (Å²) < 4.78 is 69.6. The molecule has 0 fully saturated rings. The van der Waals surface area contributed by atoms with Gasteiger partial charge in [0.05, 0.1) is 47.0 Å². The summed E-state index contributed by atoms with van der Waals surface area (Å²) in [6, 6.07) is 13.3. The lowest BCUT2D eigenvalue weighted by atomic mass is 10.1. The van der Waals surface area contributed by atoms with E-state index in [0.29, 0.717) is 0 Å². The molecule has 0 unspecified atom stereocenters. The number of rotatable bonds is 10. The Morgan fingerprint density at radius 1 is 0.872 bits per heavy atom. The van der Waals surface area contributed by atoms with Crippen molar-refractivity contribution < 1.29 is 35.4 Å². The zero-order valence-electron chi connectivity index (χ0n) is 21.6. The lowest BCUT2D eigenvalue weighted by Gasteiger charge is -2.13. The first kappa shape index (κ1) is 28.1. The number of benzene rings is 3. The number of hydrogen-bond acceptors (Lipinski definition) is 9. The molecule has 0 atom stereocenters. The van der Waals surface area contributed by atoms with Gasteiger partial charge < -0.3 is 9.47 Å². The minimum atomic E-state index is -4.26. The molecule has 1 aromatic heterocycles. The molecule has 1 heterocycles. The van der Waals surface area contributed by atoms with Gasteiger partial charge >= 0.3 is 0 Å². The fourth-order valence-electron chi connectivity index (χ4n) is 4.14. The summed E-state index contributed by atoms with van der Waals surface area (Å²) in [4.78, 5) is 11.3. The van der Waals surface area contributed by atoms with E-state index in [2.05, 4.69) is 0 Å². The summed E-state index contributed by atoms with van der Waals surface area (Å²) in [7, 11) is -5.82. The molecule has 206 valence electrons. The fourth-order valence-corrected chi connectivity index (χ4v) is 6.44. The number of nitro groups is 1. The molecule has 0 spiro atoms. The van der Waals surface area contributed by atoms with E-state index in [0.717, 1.165) is 21.2 Å². The summed E-state index contributed by atoms with van der Waals surface area (Å²) >= 11 is 0. The molecular formula is C26H26N2O9S2. The van der Waals surface area contributed by atoms with Gasteiger partial charge in [-0.3, -0.25) is 14.3 Å². The van der Waals surface area contributed by atoms with Crippen molar-refractivity contribution in [3.8, 4) is 11.5 Å². The molecule has 3 aromatic carbocycles. The quantitative estimate of drug-likeness (QED) is 0.153. The molecule has 4 rings (SSSR count). The molecule has 39 heavy (non-hydrogen) atoms. The third-order valence-corrected chi connectivity index (χ3v) is 9.13. The first-order chi connectivity index (χ1) is 18.4. The third kappa shape index (κ3) is 5.33. The molecule has 11 nitrogen and oxygen atoms in total. The third-order valence-electron chi connectivity index (χ3n) is 6.13. The SMILES string of the molecule is COc1cc([N+](=O)[O-])c2c(CCOS(=O)(=O)c3ccc(C)cc3)cn(S(=O)(=O)c3ccc(C)cc3)c2c1OC. The molecule has 0 aliphatic carbocycles. The molecule has 0 aliphatic heterocycles. The van der Waals surface area contributed by atoms with Gasteiger partial charge in [0.25, 0.3) is 25.8 Å². The monoisotopic (exact) mass is 574 g/mol. The number of non-ortho nitro benzene ring substituents is 1. The maximum atomic E-state index is 13.7. The Hall–Kier alpha value is -3.94. The van der Waals surface area contributed by atoms with Crippen molar-refractivity contribution in [3.05, 3.63) is 87.6 Å². The Morgan fingerprint density at radius 3 is 1.95 bits per heavy atom. The van der Waals surface area contributed by atoms with Gasteiger partial charge in [-0.25, -0.2) is 12.4 Å². The molecule has 13 heteroatoms. The van der Waals surface area contributed by atoms with Crippen molar-refractivity contribution in [2.24, 2.45) is 0 Å². The topological polar surface area (TPSA) is 144 Å². The zero-order valence-corrected chi connectivity index (χ0v) is 23.2. The van der Waals surface area contributed by atoms with E-state index in [1.54, 1.807) is 24.3 Å². The van der Waals surface area contributed by atoms with Crippen molar-refractivity contribution in [3.63, 3.8) is 0 Å². The van der Waals surface area contributed by atoms with Gasteiger partial charge in [-0.05, 0) is 50.1 Å². The summed E-state index contributed by atoms with van der Waals surface area (Å²) in [5, 5.41) is 12.0. The highest BCUT2D eigenvalue weighted by atomic mass is 32.2. The van der Waals surface area contributed by atoms with Crippen LogP contribution in [-0.2, 0) is 30.7 Å². The smallest absolute Gasteiger partial charge is 0.296 e. The number of nitrogens with zero attached hydrogens (tertiary/aromatic N) is 2. The van der Waals surface area contributed by atoms with E-state index >= 15 is 0 Å². The second-order valence-corrected chi connectivity index (χ2v) is 12.1. The number of aromatic nitrogens is 1.